The summed E-state index contributed by atoms with van der Waals surface area (Å²) < 4.78 is 0. The first kappa shape index (κ1) is 15.1. The number of carbonyl (C=O) groups excluding carboxylic acids is 3. The maximum absolute atomic E-state index is 12.2. The van der Waals surface area contributed by atoms with Gasteiger partial charge in [0.05, 0.1) is 5.57 Å². The number of aryl methyl sites for hydroxylation is 1. The Kier molecular flexibility index (Phi) is 4.32. The molecule has 0 radical (unpaired) electrons. The Balaban J connectivity index is 2.31. The molecule has 0 bridgehead atoms. The van der Waals surface area contributed by atoms with E-state index in [4.69, 9.17) is 0 Å². The molecule has 1 aliphatic rings. The lowest BCUT2D eigenvalue weighted by atomic mass is 9.86. The van der Waals surface area contributed by atoms with E-state index in [1.165, 1.54) is 12.5 Å². The molecule has 0 aromatic heterocycles. The minimum atomic E-state index is -0.369. The first-order valence-corrected chi connectivity index (χ1v) is 6.98. The number of fused-ring (bicyclic) bond motifs is 1. The second kappa shape index (κ2) is 6.00. The highest BCUT2D eigenvalue weighted by Gasteiger charge is 2.27. The summed E-state index contributed by atoms with van der Waals surface area (Å²) in [6, 6.07) is 5.27. The second-order valence-electron chi connectivity index (χ2n) is 5.51. The third-order valence-electron chi connectivity index (χ3n) is 3.48. The Morgan fingerprint density at radius 1 is 1.10 bits per heavy atom. The van der Waals surface area contributed by atoms with Crippen molar-refractivity contribution in [2.24, 2.45) is 0 Å². The Morgan fingerprint density at radius 3 is 2.43 bits per heavy atom. The molecule has 0 N–H and O–H groups in total. The number of rotatable bonds is 4. The van der Waals surface area contributed by atoms with Gasteiger partial charge >= 0.3 is 0 Å². The van der Waals surface area contributed by atoms with Crippen LogP contribution in [0.4, 0.5) is 0 Å². The molecule has 0 atom stereocenters. The summed E-state index contributed by atoms with van der Waals surface area (Å²) in [6.07, 6.45) is 5.02. The smallest absolute Gasteiger partial charge is 0.197 e. The van der Waals surface area contributed by atoms with Crippen molar-refractivity contribution in [3.05, 3.63) is 58.2 Å². The fourth-order valence-corrected chi connectivity index (χ4v) is 2.36. The standard InChI is InChI=1S/C18H18O3/c1-11(2)5-4-6-13-7-8-14-16(9-13)17(20)10-15(12(3)19)18(14)21/h5,7-10H,4,6H2,1-3H3. The fraction of sp³-hybridized carbons (Fsp3) is 0.278. The molecule has 0 saturated heterocycles. The van der Waals surface area contributed by atoms with Gasteiger partial charge in [0.25, 0.3) is 0 Å². The van der Waals surface area contributed by atoms with Crippen LogP contribution in [0.5, 0.6) is 0 Å². The molecular formula is C18H18O3. The maximum atomic E-state index is 12.2. The third-order valence-corrected chi connectivity index (χ3v) is 3.48. The molecule has 108 valence electrons. The second-order valence-corrected chi connectivity index (χ2v) is 5.51. The molecule has 0 heterocycles. The van der Waals surface area contributed by atoms with Crippen molar-refractivity contribution in [3.8, 4) is 0 Å². The molecule has 2 rings (SSSR count). The van der Waals surface area contributed by atoms with Crippen molar-refractivity contribution in [2.75, 3.05) is 0 Å². The molecule has 0 saturated carbocycles. The maximum Gasteiger partial charge on any atom is 0.197 e. The summed E-state index contributed by atoms with van der Waals surface area (Å²) >= 11 is 0. The third kappa shape index (κ3) is 3.24. The number of hydrogen-bond donors (Lipinski definition) is 0. The van der Waals surface area contributed by atoms with E-state index in [2.05, 4.69) is 6.08 Å². The number of ketones is 3. The molecule has 0 fully saturated rings. The molecule has 21 heavy (non-hydrogen) atoms. The summed E-state index contributed by atoms with van der Waals surface area (Å²) in [5.74, 6) is -0.988. The summed E-state index contributed by atoms with van der Waals surface area (Å²) in [5, 5.41) is 0. The largest absolute Gasteiger partial charge is 0.294 e. The van der Waals surface area contributed by atoms with Crippen LogP contribution in [0.15, 0.2) is 41.5 Å². The van der Waals surface area contributed by atoms with Gasteiger partial charge in [0.15, 0.2) is 17.3 Å². The monoisotopic (exact) mass is 282 g/mol. The molecule has 1 aliphatic carbocycles. The van der Waals surface area contributed by atoms with E-state index in [1.54, 1.807) is 12.1 Å². The normalized spacial score (nSPS) is 13.6. The number of benzene rings is 1. The van der Waals surface area contributed by atoms with Gasteiger partial charge in [-0.15, -0.1) is 0 Å². The number of Topliss-reactive ketones (excluding diaryl/α,β-unsaturated/α-hetero) is 2. The number of carbonyl (C=O) groups is 3. The Hall–Kier alpha value is -2.29. The van der Waals surface area contributed by atoms with Crippen LogP contribution in [0.1, 0.15) is 53.5 Å². The van der Waals surface area contributed by atoms with Crippen molar-refractivity contribution < 1.29 is 14.4 Å². The highest BCUT2D eigenvalue weighted by atomic mass is 16.2. The topological polar surface area (TPSA) is 51.2 Å². The molecular weight excluding hydrogens is 264 g/mol. The zero-order valence-electron chi connectivity index (χ0n) is 12.5. The molecule has 0 amide bonds. The Morgan fingerprint density at radius 2 is 1.81 bits per heavy atom. The first-order chi connectivity index (χ1) is 9.90. The lowest BCUT2D eigenvalue weighted by Gasteiger charge is -2.14. The van der Waals surface area contributed by atoms with Crippen LogP contribution < -0.4 is 0 Å². The van der Waals surface area contributed by atoms with Crippen LogP contribution in [0.25, 0.3) is 0 Å². The van der Waals surface area contributed by atoms with Gasteiger partial charge in [0, 0.05) is 17.2 Å². The van der Waals surface area contributed by atoms with Gasteiger partial charge in [-0.25, -0.2) is 0 Å². The highest BCUT2D eigenvalue weighted by Crippen LogP contribution is 2.23. The first-order valence-electron chi connectivity index (χ1n) is 6.98. The quantitative estimate of drug-likeness (QED) is 0.627. The van der Waals surface area contributed by atoms with Crippen LogP contribution in [0.3, 0.4) is 0 Å². The minimum Gasteiger partial charge on any atom is -0.294 e. The summed E-state index contributed by atoms with van der Waals surface area (Å²) in [7, 11) is 0. The number of hydrogen-bond acceptors (Lipinski definition) is 3. The van der Waals surface area contributed by atoms with Gasteiger partial charge in [-0.1, -0.05) is 23.8 Å². The highest BCUT2D eigenvalue weighted by molar-refractivity contribution is 6.34. The summed E-state index contributed by atoms with van der Waals surface area (Å²) in [6.45, 7) is 5.39. The van der Waals surface area contributed by atoms with Gasteiger partial charge < -0.3 is 0 Å². The molecule has 3 nitrogen and oxygen atoms in total. The van der Waals surface area contributed by atoms with Crippen molar-refractivity contribution >= 4 is 17.3 Å². The average molecular weight is 282 g/mol. The van der Waals surface area contributed by atoms with E-state index in [9.17, 15) is 14.4 Å². The van der Waals surface area contributed by atoms with Crippen LogP contribution in [-0.2, 0) is 11.2 Å². The van der Waals surface area contributed by atoms with Gasteiger partial charge in [-0.2, -0.15) is 0 Å². The van der Waals surface area contributed by atoms with Crippen molar-refractivity contribution in [2.45, 2.75) is 33.6 Å². The van der Waals surface area contributed by atoms with E-state index in [-0.39, 0.29) is 22.9 Å². The van der Waals surface area contributed by atoms with Crippen LogP contribution >= 0.6 is 0 Å². The lowest BCUT2D eigenvalue weighted by molar-refractivity contribution is -0.113. The van der Waals surface area contributed by atoms with Gasteiger partial charge in [-0.05, 0) is 45.2 Å². The molecule has 1 aromatic carbocycles. The molecule has 1 aromatic rings. The van der Waals surface area contributed by atoms with E-state index in [1.807, 2.05) is 19.9 Å². The predicted molar refractivity (Wildman–Crippen MR) is 81.6 cm³/mol. The van der Waals surface area contributed by atoms with E-state index < -0.39 is 0 Å². The van der Waals surface area contributed by atoms with E-state index in [0.717, 1.165) is 24.5 Å². The zero-order valence-corrected chi connectivity index (χ0v) is 12.5. The van der Waals surface area contributed by atoms with Crippen LogP contribution in [0, 0.1) is 0 Å². The molecule has 0 spiro atoms. The SMILES string of the molecule is CC(=O)C1=CC(=O)c2cc(CCC=C(C)C)ccc2C1=O. The predicted octanol–water partition coefficient (Wildman–Crippen LogP) is 3.48. The average Bonchev–Trinajstić information content (AvgIpc) is 2.42. The van der Waals surface area contributed by atoms with Crippen molar-refractivity contribution in [1.29, 1.82) is 0 Å². The molecule has 0 unspecified atom stereocenters. The molecule has 3 heteroatoms. The van der Waals surface area contributed by atoms with Crippen molar-refractivity contribution in [3.63, 3.8) is 0 Å². The van der Waals surface area contributed by atoms with Crippen molar-refractivity contribution in [1.82, 2.24) is 0 Å². The lowest BCUT2D eigenvalue weighted by Crippen LogP contribution is -2.21. The summed E-state index contributed by atoms with van der Waals surface area (Å²) in [5.41, 5.74) is 2.99. The fourth-order valence-electron chi connectivity index (χ4n) is 2.36. The van der Waals surface area contributed by atoms with Gasteiger partial charge in [0.1, 0.15) is 0 Å². The van der Waals surface area contributed by atoms with Crippen LogP contribution in [-0.4, -0.2) is 17.3 Å². The minimum absolute atomic E-state index is 0.0233. The van der Waals surface area contributed by atoms with Gasteiger partial charge in [0.2, 0.25) is 0 Å². The van der Waals surface area contributed by atoms with Crippen LogP contribution in [0.2, 0.25) is 0 Å². The van der Waals surface area contributed by atoms with E-state index >= 15 is 0 Å². The summed E-state index contributed by atoms with van der Waals surface area (Å²) in [4.78, 5) is 35.6. The number of allylic oxidation sites excluding steroid dienone is 4. The van der Waals surface area contributed by atoms with E-state index in [0.29, 0.717) is 11.1 Å². The zero-order chi connectivity index (χ0) is 15.6. The Labute approximate surface area is 124 Å². The molecule has 0 aliphatic heterocycles. The van der Waals surface area contributed by atoms with Gasteiger partial charge in [-0.3, -0.25) is 14.4 Å². The Bertz CT molecular complexity index is 686.